The van der Waals surface area contributed by atoms with E-state index in [9.17, 15) is 14.3 Å². The van der Waals surface area contributed by atoms with Gasteiger partial charge in [-0.15, -0.1) is 0 Å². The van der Waals surface area contributed by atoms with Crippen LogP contribution < -0.4 is 5.32 Å². The summed E-state index contributed by atoms with van der Waals surface area (Å²) in [4.78, 5) is 19.2. The fraction of sp³-hybridized carbons (Fsp3) is 0. The second-order valence-electron chi connectivity index (χ2n) is 3.44. The van der Waals surface area contributed by atoms with Crippen molar-refractivity contribution in [2.75, 3.05) is 5.32 Å². The van der Waals surface area contributed by atoms with Crippen molar-refractivity contribution < 1.29 is 14.3 Å². The van der Waals surface area contributed by atoms with Crippen LogP contribution in [0.2, 0.25) is 10.2 Å². The number of nitrogens with zero attached hydrogens (tertiary/aromatic N) is 2. The molecule has 0 atom stereocenters. The molecule has 0 saturated carbocycles. The van der Waals surface area contributed by atoms with Crippen LogP contribution in [0.3, 0.4) is 0 Å². The van der Waals surface area contributed by atoms with Crippen molar-refractivity contribution in [2.24, 2.45) is 0 Å². The summed E-state index contributed by atoms with van der Waals surface area (Å²) >= 11 is 11.4. The number of nitrogens with one attached hydrogen (secondary N) is 1. The molecule has 0 radical (unpaired) electrons. The Morgan fingerprint density at radius 1 is 1.32 bits per heavy atom. The van der Waals surface area contributed by atoms with Gasteiger partial charge in [0, 0.05) is 0 Å². The first kappa shape index (κ1) is 13.5. The van der Waals surface area contributed by atoms with Crippen LogP contribution >= 0.6 is 23.2 Å². The Bertz CT molecular complexity index is 652. The maximum absolute atomic E-state index is 13.0. The molecule has 5 nitrogen and oxygen atoms in total. The van der Waals surface area contributed by atoms with Gasteiger partial charge in [0.2, 0.25) is 0 Å². The summed E-state index contributed by atoms with van der Waals surface area (Å²) in [6, 6.07) is 2.99. The monoisotopic (exact) mass is 301 g/mol. The van der Waals surface area contributed by atoms with E-state index in [-0.39, 0.29) is 27.3 Å². The van der Waals surface area contributed by atoms with E-state index in [0.29, 0.717) is 0 Å². The molecule has 0 bridgehead atoms. The molecule has 0 aliphatic rings. The molecular weight excluding hydrogens is 296 g/mol. The van der Waals surface area contributed by atoms with Gasteiger partial charge in [0.05, 0.1) is 5.56 Å². The fourth-order valence-corrected chi connectivity index (χ4v) is 1.58. The summed E-state index contributed by atoms with van der Waals surface area (Å²) in [7, 11) is 0. The second-order valence-corrected chi connectivity index (χ2v) is 4.18. The van der Waals surface area contributed by atoms with Gasteiger partial charge in [-0.05, 0) is 18.2 Å². The number of anilines is 1. The van der Waals surface area contributed by atoms with Gasteiger partial charge < -0.3 is 10.4 Å². The van der Waals surface area contributed by atoms with Gasteiger partial charge in [-0.2, -0.15) is 0 Å². The van der Waals surface area contributed by atoms with Crippen molar-refractivity contribution in [3.8, 4) is 5.75 Å². The summed E-state index contributed by atoms with van der Waals surface area (Å²) in [5.74, 6) is -1.83. The SMILES string of the molecule is O=C(Nc1ncnc(Cl)c1Cl)c1cc(F)ccc1O. The Morgan fingerprint density at radius 3 is 2.79 bits per heavy atom. The Morgan fingerprint density at radius 2 is 2.05 bits per heavy atom. The van der Waals surface area contributed by atoms with Crippen LogP contribution in [0.15, 0.2) is 24.5 Å². The van der Waals surface area contributed by atoms with E-state index in [1.54, 1.807) is 0 Å². The summed E-state index contributed by atoms with van der Waals surface area (Å²) in [6.07, 6.45) is 1.11. The first-order chi connectivity index (χ1) is 8.99. The molecule has 0 unspecified atom stereocenters. The van der Waals surface area contributed by atoms with Crippen LogP contribution in [-0.2, 0) is 0 Å². The number of hydrogen-bond acceptors (Lipinski definition) is 4. The van der Waals surface area contributed by atoms with Crippen molar-refractivity contribution in [3.63, 3.8) is 0 Å². The fourth-order valence-electron chi connectivity index (χ4n) is 1.30. The first-order valence-electron chi connectivity index (χ1n) is 4.95. The molecule has 98 valence electrons. The van der Waals surface area contributed by atoms with Crippen LogP contribution in [0.1, 0.15) is 10.4 Å². The molecule has 1 aromatic carbocycles. The topological polar surface area (TPSA) is 75.1 Å². The third kappa shape index (κ3) is 2.91. The number of aromatic nitrogens is 2. The zero-order valence-corrected chi connectivity index (χ0v) is 10.7. The van der Waals surface area contributed by atoms with Crippen LogP contribution in [0.25, 0.3) is 0 Å². The summed E-state index contributed by atoms with van der Waals surface area (Å²) in [5.41, 5.74) is -0.245. The number of hydrogen-bond donors (Lipinski definition) is 2. The van der Waals surface area contributed by atoms with Crippen LogP contribution in [0.4, 0.5) is 10.2 Å². The predicted molar refractivity (Wildman–Crippen MR) is 68.1 cm³/mol. The van der Waals surface area contributed by atoms with E-state index in [1.807, 2.05) is 0 Å². The number of aromatic hydroxyl groups is 1. The minimum Gasteiger partial charge on any atom is -0.507 e. The van der Waals surface area contributed by atoms with E-state index in [0.717, 1.165) is 24.5 Å². The van der Waals surface area contributed by atoms with Crippen molar-refractivity contribution in [1.82, 2.24) is 9.97 Å². The highest BCUT2D eigenvalue weighted by atomic mass is 35.5. The third-order valence-corrected chi connectivity index (χ3v) is 2.92. The summed E-state index contributed by atoms with van der Waals surface area (Å²) in [5, 5.41) is 11.7. The molecule has 2 N–H and O–H groups in total. The Hall–Kier alpha value is -1.92. The molecule has 19 heavy (non-hydrogen) atoms. The lowest BCUT2D eigenvalue weighted by Gasteiger charge is -2.07. The van der Waals surface area contributed by atoms with Crippen LogP contribution in [0, 0.1) is 5.82 Å². The second kappa shape index (κ2) is 5.38. The maximum Gasteiger partial charge on any atom is 0.260 e. The van der Waals surface area contributed by atoms with E-state index >= 15 is 0 Å². The maximum atomic E-state index is 13.0. The van der Waals surface area contributed by atoms with Crippen LogP contribution in [-0.4, -0.2) is 21.0 Å². The molecule has 0 fully saturated rings. The highest BCUT2D eigenvalue weighted by Crippen LogP contribution is 2.26. The van der Waals surface area contributed by atoms with Crippen LogP contribution in [0.5, 0.6) is 5.75 Å². The van der Waals surface area contributed by atoms with Crippen molar-refractivity contribution >= 4 is 34.9 Å². The summed E-state index contributed by atoms with van der Waals surface area (Å²) in [6.45, 7) is 0. The highest BCUT2D eigenvalue weighted by molar-refractivity contribution is 6.43. The summed E-state index contributed by atoms with van der Waals surface area (Å²) < 4.78 is 13.0. The molecule has 0 saturated heterocycles. The molecule has 0 spiro atoms. The minimum atomic E-state index is -0.770. The number of carbonyl (C=O) groups is 1. The first-order valence-corrected chi connectivity index (χ1v) is 5.70. The number of benzene rings is 1. The van der Waals surface area contributed by atoms with Gasteiger partial charge >= 0.3 is 0 Å². The van der Waals surface area contributed by atoms with Crippen molar-refractivity contribution in [2.45, 2.75) is 0 Å². The van der Waals surface area contributed by atoms with Crippen molar-refractivity contribution in [3.05, 3.63) is 46.1 Å². The average Bonchev–Trinajstić information content (AvgIpc) is 2.38. The average molecular weight is 302 g/mol. The lowest BCUT2D eigenvalue weighted by atomic mass is 10.2. The van der Waals surface area contributed by atoms with Gasteiger partial charge in [-0.1, -0.05) is 23.2 Å². The molecule has 0 aliphatic heterocycles. The van der Waals surface area contributed by atoms with Gasteiger partial charge in [-0.3, -0.25) is 4.79 Å². The molecular formula is C11H6Cl2FN3O2. The van der Waals surface area contributed by atoms with Gasteiger partial charge in [0.15, 0.2) is 11.0 Å². The molecule has 1 aromatic heterocycles. The number of carbonyl (C=O) groups excluding carboxylic acids is 1. The number of amides is 1. The molecule has 2 rings (SSSR count). The van der Waals surface area contributed by atoms with E-state index in [1.165, 1.54) is 0 Å². The Kier molecular flexibility index (Phi) is 3.82. The van der Waals surface area contributed by atoms with Crippen molar-refractivity contribution in [1.29, 1.82) is 0 Å². The largest absolute Gasteiger partial charge is 0.507 e. The molecule has 2 aromatic rings. The normalized spacial score (nSPS) is 10.3. The number of rotatable bonds is 2. The van der Waals surface area contributed by atoms with Gasteiger partial charge in [0.25, 0.3) is 5.91 Å². The zero-order chi connectivity index (χ0) is 14.0. The number of halogens is 3. The van der Waals surface area contributed by atoms with Gasteiger partial charge in [0.1, 0.15) is 22.9 Å². The molecule has 0 aliphatic carbocycles. The number of phenols is 1. The highest BCUT2D eigenvalue weighted by Gasteiger charge is 2.15. The lowest BCUT2D eigenvalue weighted by Crippen LogP contribution is -2.14. The molecule has 8 heteroatoms. The predicted octanol–water partition coefficient (Wildman–Crippen LogP) is 2.88. The van der Waals surface area contributed by atoms with Gasteiger partial charge in [-0.25, -0.2) is 14.4 Å². The molecule has 1 heterocycles. The molecule has 1 amide bonds. The Labute approximate surface area is 117 Å². The third-order valence-electron chi connectivity index (χ3n) is 2.18. The lowest BCUT2D eigenvalue weighted by molar-refractivity contribution is 0.102. The van der Waals surface area contributed by atoms with E-state index < -0.39 is 11.7 Å². The van der Waals surface area contributed by atoms with E-state index in [4.69, 9.17) is 23.2 Å². The van der Waals surface area contributed by atoms with E-state index in [2.05, 4.69) is 15.3 Å². The minimum absolute atomic E-state index is 0.0320. The Balaban J connectivity index is 2.31. The number of phenolic OH excluding ortho intramolecular Hbond substituents is 1. The standard InChI is InChI=1S/C11H6Cl2FN3O2/c12-8-9(13)15-4-16-10(8)17-11(19)6-3-5(14)1-2-7(6)18/h1-4,18H,(H,15,16,17,19). The smallest absolute Gasteiger partial charge is 0.260 e. The zero-order valence-electron chi connectivity index (χ0n) is 9.19. The quantitative estimate of drug-likeness (QED) is 0.836.